The first-order valence-corrected chi connectivity index (χ1v) is 16.0. The number of rotatable bonds is 1. The number of aryl methyl sites for hydroxylation is 1. The third-order valence-corrected chi connectivity index (χ3v) is 12.2. The standard InChI is InChI=1S/C32H28BNOSi/c1-36(2)30-16-8-5-12-25(30)33-24-19-18-21(20-29(24)35-28-15-9-17-31(36)32(28)33)34-26-13-6-3-10-22(26)23-11-4-7-14-27(23)34/h3,5-6,8-10,12-13,15-20H,4,7,11,14H2,1-2H3/i3D,6D,10D,13D. The van der Waals surface area contributed by atoms with E-state index in [1.54, 1.807) is 0 Å². The summed E-state index contributed by atoms with van der Waals surface area (Å²) in [6.07, 6.45) is 3.75. The molecule has 0 amide bonds. The minimum absolute atomic E-state index is 0.0208. The van der Waals surface area contributed by atoms with E-state index in [0.717, 1.165) is 59.6 Å². The first-order valence-electron chi connectivity index (χ1n) is 15.0. The predicted molar refractivity (Wildman–Crippen MR) is 154 cm³/mol. The van der Waals surface area contributed by atoms with Crippen molar-refractivity contribution in [2.24, 2.45) is 0 Å². The Morgan fingerprint density at radius 2 is 1.69 bits per heavy atom. The number of ether oxygens (including phenoxy) is 1. The van der Waals surface area contributed by atoms with Crippen LogP contribution in [0.15, 0.2) is 84.8 Å². The van der Waals surface area contributed by atoms with E-state index in [-0.39, 0.29) is 30.9 Å². The molecule has 0 unspecified atom stereocenters. The summed E-state index contributed by atoms with van der Waals surface area (Å²) in [5, 5.41) is 3.58. The Kier molecular flexibility index (Phi) is 3.44. The van der Waals surface area contributed by atoms with Crippen LogP contribution in [0.5, 0.6) is 11.5 Å². The highest BCUT2D eigenvalue weighted by Crippen LogP contribution is 2.36. The third-order valence-electron chi connectivity index (χ3n) is 8.66. The highest BCUT2D eigenvalue weighted by Gasteiger charge is 2.45. The van der Waals surface area contributed by atoms with Gasteiger partial charge in [-0.25, -0.2) is 0 Å². The van der Waals surface area contributed by atoms with Gasteiger partial charge in [0.2, 0.25) is 0 Å². The summed E-state index contributed by atoms with van der Waals surface area (Å²) in [5.41, 5.74) is 7.44. The molecule has 36 heavy (non-hydrogen) atoms. The lowest BCUT2D eigenvalue weighted by molar-refractivity contribution is 0.487. The minimum Gasteiger partial charge on any atom is -0.458 e. The molecular weight excluding hydrogens is 453 g/mol. The van der Waals surface area contributed by atoms with Gasteiger partial charge in [-0.05, 0) is 60.3 Å². The van der Waals surface area contributed by atoms with E-state index in [0.29, 0.717) is 10.9 Å². The maximum Gasteiger partial charge on any atom is 0.250 e. The molecule has 4 aromatic carbocycles. The zero-order valence-electron chi connectivity index (χ0n) is 24.5. The van der Waals surface area contributed by atoms with Crippen LogP contribution in [0.25, 0.3) is 16.6 Å². The largest absolute Gasteiger partial charge is 0.458 e. The molecule has 0 spiro atoms. The summed E-state index contributed by atoms with van der Waals surface area (Å²) in [5.74, 6) is 1.74. The second-order valence-electron chi connectivity index (χ2n) is 10.9. The lowest BCUT2D eigenvalue weighted by Gasteiger charge is -2.40. The molecule has 0 atom stereocenters. The Morgan fingerprint density at radius 1 is 0.861 bits per heavy atom. The van der Waals surface area contributed by atoms with Crippen molar-refractivity contribution in [1.29, 1.82) is 0 Å². The van der Waals surface area contributed by atoms with E-state index >= 15 is 0 Å². The van der Waals surface area contributed by atoms with Gasteiger partial charge in [0.05, 0.1) is 11.0 Å². The summed E-state index contributed by atoms with van der Waals surface area (Å²) in [4.78, 5) is 0. The van der Waals surface area contributed by atoms with Gasteiger partial charge in [-0.15, -0.1) is 0 Å². The van der Waals surface area contributed by atoms with E-state index < -0.39 is 8.07 Å². The van der Waals surface area contributed by atoms with E-state index in [9.17, 15) is 0 Å². The molecular formula is C32H28BNOSi. The molecule has 0 fully saturated rings. The highest BCUT2D eigenvalue weighted by atomic mass is 28.3. The molecule has 0 bridgehead atoms. The maximum atomic E-state index is 8.85. The van der Waals surface area contributed by atoms with Gasteiger partial charge in [0.15, 0.2) is 0 Å². The molecule has 0 radical (unpaired) electrons. The summed E-state index contributed by atoms with van der Waals surface area (Å²) in [6, 6.07) is 21.5. The zero-order valence-corrected chi connectivity index (χ0v) is 21.5. The van der Waals surface area contributed by atoms with Crippen LogP contribution in [0, 0.1) is 0 Å². The molecule has 0 saturated carbocycles. The van der Waals surface area contributed by atoms with Crippen molar-refractivity contribution < 1.29 is 10.2 Å². The van der Waals surface area contributed by atoms with Crippen LogP contribution < -0.4 is 31.5 Å². The zero-order chi connectivity index (χ0) is 27.5. The molecule has 1 aliphatic carbocycles. The van der Waals surface area contributed by atoms with Gasteiger partial charge in [0.25, 0.3) is 6.71 Å². The van der Waals surface area contributed by atoms with Gasteiger partial charge in [-0.2, -0.15) is 0 Å². The van der Waals surface area contributed by atoms with Gasteiger partial charge >= 0.3 is 0 Å². The van der Waals surface area contributed by atoms with E-state index in [1.807, 2.05) is 0 Å². The van der Waals surface area contributed by atoms with Gasteiger partial charge in [0.1, 0.15) is 19.6 Å². The summed E-state index contributed by atoms with van der Waals surface area (Å²) in [6.45, 7) is 4.96. The van der Waals surface area contributed by atoms with Crippen molar-refractivity contribution in [3.05, 3.63) is 96.1 Å². The van der Waals surface area contributed by atoms with Crippen LogP contribution in [0.2, 0.25) is 13.1 Å². The Balaban J connectivity index is 1.39. The Labute approximate surface area is 219 Å². The SMILES string of the molecule is [2H]c1c([2H])c([2H])c2c(c1[2H])c1c(n2-c2ccc3c(c2)Oc2cccc4c2B3c2ccccc2[Si]4(C)C)CCCC1. The summed E-state index contributed by atoms with van der Waals surface area (Å²) < 4.78 is 43.1. The van der Waals surface area contributed by atoms with Crippen molar-refractivity contribution >= 4 is 52.5 Å². The smallest absolute Gasteiger partial charge is 0.250 e. The fourth-order valence-corrected chi connectivity index (χ4v) is 10.2. The van der Waals surface area contributed by atoms with Crippen LogP contribution in [-0.2, 0) is 12.8 Å². The summed E-state index contributed by atoms with van der Waals surface area (Å²) in [7, 11) is -1.89. The van der Waals surface area contributed by atoms with E-state index in [1.165, 1.54) is 21.3 Å². The fraction of sp³-hybridized carbons (Fsp3) is 0.188. The highest BCUT2D eigenvalue weighted by molar-refractivity contribution is 7.14. The Hall–Kier alpha value is -3.50. The molecule has 3 aliphatic rings. The summed E-state index contributed by atoms with van der Waals surface area (Å²) >= 11 is 0. The van der Waals surface area contributed by atoms with Crippen LogP contribution in [0.1, 0.15) is 29.6 Å². The first-order chi connectivity index (χ1) is 19.3. The first kappa shape index (κ1) is 17.0. The van der Waals surface area contributed by atoms with Crippen molar-refractivity contribution in [3.63, 3.8) is 0 Å². The molecule has 0 N–H and O–H groups in total. The number of fused-ring (bicyclic) bond motifs is 7. The molecule has 174 valence electrons. The minimum atomic E-state index is -1.89. The number of nitrogens with zero attached hydrogens (tertiary/aromatic N) is 1. The van der Waals surface area contributed by atoms with Gasteiger partial charge < -0.3 is 9.30 Å². The maximum absolute atomic E-state index is 8.85. The van der Waals surface area contributed by atoms with Gasteiger partial charge in [-0.1, -0.05) is 89.5 Å². The third kappa shape index (κ3) is 2.63. The van der Waals surface area contributed by atoms with Crippen molar-refractivity contribution in [3.8, 4) is 17.2 Å². The molecule has 4 heteroatoms. The van der Waals surface area contributed by atoms with E-state index in [4.69, 9.17) is 10.2 Å². The average molecular weight is 486 g/mol. The number of hydrogen-bond acceptors (Lipinski definition) is 1. The lowest BCUT2D eigenvalue weighted by atomic mass is 9.35. The van der Waals surface area contributed by atoms with E-state index in [2.05, 4.69) is 78.3 Å². The van der Waals surface area contributed by atoms with Crippen LogP contribution in [0.4, 0.5) is 0 Å². The quantitative estimate of drug-likeness (QED) is 0.318. The van der Waals surface area contributed by atoms with Gasteiger partial charge in [-0.3, -0.25) is 0 Å². The number of benzene rings is 4. The number of hydrogen-bond donors (Lipinski definition) is 0. The molecule has 2 nitrogen and oxygen atoms in total. The van der Waals surface area contributed by atoms with Crippen LogP contribution in [-0.4, -0.2) is 19.4 Å². The second kappa shape index (κ2) is 7.27. The molecule has 8 rings (SSSR count). The topological polar surface area (TPSA) is 14.2 Å². The Bertz CT molecular complexity index is 1930. The number of aromatic nitrogens is 1. The van der Waals surface area contributed by atoms with Gasteiger partial charge in [0, 0.05) is 22.8 Å². The predicted octanol–water partition coefficient (Wildman–Crippen LogP) is 4.27. The second-order valence-corrected chi connectivity index (χ2v) is 15.2. The normalized spacial score (nSPS) is 18.1. The lowest BCUT2D eigenvalue weighted by Crippen LogP contribution is -2.77. The van der Waals surface area contributed by atoms with Crippen LogP contribution >= 0.6 is 0 Å². The van der Waals surface area contributed by atoms with Crippen molar-refractivity contribution in [2.45, 2.75) is 38.8 Å². The van der Waals surface area contributed by atoms with Crippen molar-refractivity contribution in [2.75, 3.05) is 0 Å². The molecule has 1 aromatic heterocycles. The number of para-hydroxylation sites is 1. The molecule has 3 heterocycles. The molecule has 0 saturated heterocycles. The fourth-order valence-electron chi connectivity index (χ4n) is 7.04. The van der Waals surface area contributed by atoms with Crippen LogP contribution in [0.3, 0.4) is 0 Å². The Morgan fingerprint density at radius 3 is 2.64 bits per heavy atom. The van der Waals surface area contributed by atoms with Crippen molar-refractivity contribution in [1.82, 2.24) is 4.57 Å². The molecule has 2 aliphatic heterocycles. The monoisotopic (exact) mass is 485 g/mol. The average Bonchev–Trinajstić information content (AvgIpc) is 3.32. The molecule has 5 aromatic rings.